The number of ether oxygens (including phenoxy) is 2. The Balaban J connectivity index is 1.98. The van der Waals surface area contributed by atoms with Crippen LogP contribution in [0.5, 0.6) is 11.5 Å². The van der Waals surface area contributed by atoms with Crippen LogP contribution < -0.4 is 14.4 Å². The van der Waals surface area contributed by atoms with Crippen molar-refractivity contribution in [3.05, 3.63) is 93.5 Å². The van der Waals surface area contributed by atoms with E-state index in [0.29, 0.717) is 22.7 Å². The van der Waals surface area contributed by atoms with Crippen molar-refractivity contribution in [2.75, 3.05) is 19.1 Å². The molecule has 1 atom stereocenters. The normalized spacial score (nSPS) is 17.2. The number of aryl methyl sites for hydroxylation is 2. The molecule has 0 aliphatic carbocycles. The zero-order valence-corrected chi connectivity index (χ0v) is 20.0. The molecule has 4 rings (SSSR count). The monoisotopic (exact) mass is 477 g/mol. The molecular formula is C27H24ClNO5. The van der Waals surface area contributed by atoms with E-state index >= 15 is 0 Å². The molecular weight excluding hydrogens is 454 g/mol. The summed E-state index contributed by atoms with van der Waals surface area (Å²) in [5.74, 6) is -0.809. The van der Waals surface area contributed by atoms with Gasteiger partial charge in [0.05, 0.1) is 30.9 Å². The summed E-state index contributed by atoms with van der Waals surface area (Å²) in [4.78, 5) is 28.1. The number of aliphatic hydroxyl groups is 1. The fourth-order valence-electron chi connectivity index (χ4n) is 4.25. The van der Waals surface area contributed by atoms with E-state index in [2.05, 4.69) is 0 Å². The van der Waals surface area contributed by atoms with Crippen LogP contribution >= 0.6 is 11.6 Å². The van der Waals surface area contributed by atoms with Crippen LogP contribution in [0.3, 0.4) is 0 Å². The maximum Gasteiger partial charge on any atom is 0.300 e. The third kappa shape index (κ3) is 4.13. The first-order valence-electron chi connectivity index (χ1n) is 10.6. The number of aliphatic hydroxyl groups excluding tert-OH is 1. The van der Waals surface area contributed by atoms with Gasteiger partial charge in [-0.1, -0.05) is 29.8 Å². The van der Waals surface area contributed by atoms with Crippen LogP contribution in [0, 0.1) is 13.8 Å². The van der Waals surface area contributed by atoms with Crippen molar-refractivity contribution < 1.29 is 24.2 Å². The summed E-state index contributed by atoms with van der Waals surface area (Å²) in [7, 11) is 3.05. The van der Waals surface area contributed by atoms with Crippen molar-refractivity contribution in [1.82, 2.24) is 0 Å². The molecule has 0 aromatic heterocycles. The van der Waals surface area contributed by atoms with E-state index in [-0.39, 0.29) is 21.9 Å². The molecule has 1 aliphatic heterocycles. The van der Waals surface area contributed by atoms with Gasteiger partial charge in [0.15, 0.2) is 0 Å². The van der Waals surface area contributed by atoms with Gasteiger partial charge in [-0.15, -0.1) is 0 Å². The smallest absolute Gasteiger partial charge is 0.300 e. The fourth-order valence-corrected chi connectivity index (χ4v) is 4.46. The van der Waals surface area contributed by atoms with Gasteiger partial charge >= 0.3 is 0 Å². The van der Waals surface area contributed by atoms with E-state index < -0.39 is 17.7 Å². The zero-order valence-electron chi connectivity index (χ0n) is 19.3. The van der Waals surface area contributed by atoms with Gasteiger partial charge in [0, 0.05) is 11.3 Å². The first-order chi connectivity index (χ1) is 16.2. The minimum Gasteiger partial charge on any atom is -0.507 e. The zero-order chi connectivity index (χ0) is 24.6. The number of nitrogens with zero attached hydrogens (tertiary/aromatic N) is 1. The number of carbonyl (C=O) groups excluding carboxylic acids is 2. The van der Waals surface area contributed by atoms with Gasteiger partial charge in [0.1, 0.15) is 17.3 Å². The fraction of sp³-hybridized carbons (Fsp3) is 0.185. The van der Waals surface area contributed by atoms with Gasteiger partial charge in [-0.25, -0.2) is 0 Å². The number of hydrogen-bond donors (Lipinski definition) is 1. The van der Waals surface area contributed by atoms with E-state index in [1.165, 1.54) is 18.1 Å². The van der Waals surface area contributed by atoms with Crippen molar-refractivity contribution in [3.8, 4) is 11.5 Å². The molecule has 1 amide bonds. The van der Waals surface area contributed by atoms with Crippen LogP contribution in [0.4, 0.5) is 5.69 Å². The van der Waals surface area contributed by atoms with Gasteiger partial charge in [-0.05, 0) is 73.0 Å². The lowest BCUT2D eigenvalue weighted by Gasteiger charge is -2.26. The predicted octanol–water partition coefficient (Wildman–Crippen LogP) is 5.60. The molecule has 1 saturated heterocycles. The average molecular weight is 478 g/mol. The molecule has 1 fully saturated rings. The molecule has 0 spiro atoms. The van der Waals surface area contributed by atoms with Crippen molar-refractivity contribution in [2.24, 2.45) is 0 Å². The lowest BCUT2D eigenvalue weighted by Crippen LogP contribution is -2.29. The summed E-state index contributed by atoms with van der Waals surface area (Å²) in [6.45, 7) is 3.84. The standard InChI is InChI=1S/C27H24ClNO5/c1-15-11-16(2)13-18(12-15)29-24(17-5-7-19(33-3)8-6-17)23(26(31)27(29)32)25(30)21-14-20(34-4)9-10-22(21)28/h5-14,24,30H,1-4H3/b25-23+. The first-order valence-corrected chi connectivity index (χ1v) is 11.0. The number of benzene rings is 3. The van der Waals surface area contributed by atoms with Crippen molar-refractivity contribution in [1.29, 1.82) is 0 Å². The average Bonchev–Trinajstić information content (AvgIpc) is 3.09. The topological polar surface area (TPSA) is 76.1 Å². The molecule has 1 N–H and O–H groups in total. The Morgan fingerprint density at radius 1 is 0.882 bits per heavy atom. The largest absolute Gasteiger partial charge is 0.507 e. The van der Waals surface area contributed by atoms with Crippen LogP contribution in [-0.2, 0) is 9.59 Å². The third-order valence-electron chi connectivity index (χ3n) is 5.79. The number of amides is 1. The molecule has 1 unspecified atom stereocenters. The molecule has 6 nitrogen and oxygen atoms in total. The Bertz CT molecular complexity index is 1290. The number of Topliss-reactive ketones (excluding diaryl/α,β-unsaturated/α-hetero) is 1. The van der Waals surface area contributed by atoms with Gasteiger partial charge in [-0.3, -0.25) is 14.5 Å². The molecule has 0 bridgehead atoms. The van der Waals surface area contributed by atoms with Crippen molar-refractivity contribution in [2.45, 2.75) is 19.9 Å². The number of halogens is 1. The lowest BCUT2D eigenvalue weighted by atomic mass is 9.94. The predicted molar refractivity (Wildman–Crippen MR) is 132 cm³/mol. The minimum atomic E-state index is -0.866. The number of ketones is 1. The molecule has 3 aromatic rings. The highest BCUT2D eigenvalue weighted by Gasteiger charge is 2.47. The highest BCUT2D eigenvalue weighted by atomic mass is 35.5. The second-order valence-corrected chi connectivity index (χ2v) is 8.54. The number of carbonyl (C=O) groups is 2. The lowest BCUT2D eigenvalue weighted by molar-refractivity contribution is -0.132. The Morgan fingerprint density at radius 2 is 1.47 bits per heavy atom. The molecule has 34 heavy (non-hydrogen) atoms. The first kappa shape index (κ1) is 23.4. The highest BCUT2D eigenvalue weighted by Crippen LogP contribution is 2.44. The number of anilines is 1. The van der Waals surface area contributed by atoms with Crippen LogP contribution in [0.25, 0.3) is 5.76 Å². The molecule has 1 heterocycles. The summed E-state index contributed by atoms with van der Waals surface area (Å²) in [5.41, 5.74) is 3.25. The Morgan fingerprint density at radius 3 is 2.06 bits per heavy atom. The summed E-state index contributed by atoms with van der Waals surface area (Å²) >= 11 is 6.36. The molecule has 1 aliphatic rings. The number of hydrogen-bond acceptors (Lipinski definition) is 5. The molecule has 7 heteroatoms. The van der Waals surface area contributed by atoms with E-state index in [9.17, 15) is 14.7 Å². The van der Waals surface area contributed by atoms with Gasteiger partial charge < -0.3 is 14.6 Å². The van der Waals surface area contributed by atoms with E-state index in [0.717, 1.165) is 11.1 Å². The maximum absolute atomic E-state index is 13.3. The summed E-state index contributed by atoms with van der Waals surface area (Å²) in [6.07, 6.45) is 0. The molecule has 0 radical (unpaired) electrons. The van der Waals surface area contributed by atoms with Gasteiger partial charge in [-0.2, -0.15) is 0 Å². The van der Waals surface area contributed by atoms with E-state index in [4.69, 9.17) is 21.1 Å². The summed E-state index contributed by atoms with van der Waals surface area (Å²) in [5, 5.41) is 11.6. The Hall–Kier alpha value is -3.77. The van der Waals surface area contributed by atoms with Crippen LogP contribution in [0.1, 0.15) is 28.3 Å². The molecule has 174 valence electrons. The quantitative estimate of drug-likeness (QED) is 0.294. The van der Waals surface area contributed by atoms with Crippen molar-refractivity contribution >= 4 is 34.7 Å². The summed E-state index contributed by atoms with van der Waals surface area (Å²) in [6, 6.07) is 16.6. The van der Waals surface area contributed by atoms with Crippen LogP contribution in [0.15, 0.2) is 66.2 Å². The van der Waals surface area contributed by atoms with Gasteiger partial charge in [0.2, 0.25) is 0 Å². The minimum absolute atomic E-state index is 0.0514. The van der Waals surface area contributed by atoms with E-state index in [1.807, 2.05) is 32.0 Å². The highest BCUT2D eigenvalue weighted by molar-refractivity contribution is 6.52. The van der Waals surface area contributed by atoms with Gasteiger partial charge in [0.25, 0.3) is 11.7 Å². The second kappa shape index (κ2) is 9.23. The second-order valence-electron chi connectivity index (χ2n) is 8.13. The third-order valence-corrected chi connectivity index (χ3v) is 6.12. The van der Waals surface area contributed by atoms with Crippen LogP contribution in [0.2, 0.25) is 5.02 Å². The SMILES string of the molecule is COc1ccc(C2/C(=C(\O)c3cc(OC)ccc3Cl)C(=O)C(=O)N2c2cc(C)cc(C)c2)cc1. The van der Waals surface area contributed by atoms with Crippen molar-refractivity contribution in [3.63, 3.8) is 0 Å². The molecule has 0 saturated carbocycles. The summed E-state index contributed by atoms with van der Waals surface area (Å²) < 4.78 is 10.5. The van der Waals surface area contributed by atoms with E-state index in [1.54, 1.807) is 43.5 Å². The molecule has 3 aromatic carbocycles. The Kier molecular flexibility index (Phi) is 6.35. The number of rotatable bonds is 5. The Labute approximate surface area is 203 Å². The van der Waals surface area contributed by atoms with Crippen LogP contribution in [-0.4, -0.2) is 31.0 Å². The maximum atomic E-state index is 13.3. The number of methoxy groups -OCH3 is 2.